The highest BCUT2D eigenvalue weighted by Crippen LogP contribution is 2.25. The van der Waals surface area contributed by atoms with Crippen LogP contribution in [0.15, 0.2) is 22.7 Å². The molecule has 1 aliphatic rings. The Hall–Kier alpha value is -0.620. The van der Waals surface area contributed by atoms with Gasteiger partial charge in [0.05, 0.1) is 23.4 Å². The molecule has 0 bridgehead atoms. The van der Waals surface area contributed by atoms with E-state index in [4.69, 9.17) is 11.6 Å². The van der Waals surface area contributed by atoms with Crippen LogP contribution >= 0.6 is 27.5 Å². The van der Waals surface area contributed by atoms with E-state index in [9.17, 15) is 9.90 Å². The molecule has 0 aliphatic carbocycles. The first-order valence-electron chi connectivity index (χ1n) is 6.61. The largest absolute Gasteiger partial charge is 0.393 e. The zero-order valence-electron chi connectivity index (χ0n) is 11.3. The first kappa shape index (κ1) is 15.8. The lowest BCUT2D eigenvalue weighted by molar-refractivity contribution is -0.118. The van der Waals surface area contributed by atoms with Gasteiger partial charge in [0.15, 0.2) is 0 Å². The van der Waals surface area contributed by atoms with E-state index in [1.165, 1.54) is 0 Å². The third kappa shape index (κ3) is 4.19. The zero-order valence-corrected chi connectivity index (χ0v) is 13.6. The molecule has 1 fully saturated rings. The summed E-state index contributed by atoms with van der Waals surface area (Å²) in [6.45, 7) is 3.80. The number of amides is 1. The van der Waals surface area contributed by atoms with Crippen molar-refractivity contribution in [1.29, 1.82) is 0 Å². The highest BCUT2D eigenvalue weighted by molar-refractivity contribution is 9.10. The van der Waals surface area contributed by atoms with Crippen molar-refractivity contribution >= 4 is 39.1 Å². The van der Waals surface area contributed by atoms with Crippen molar-refractivity contribution in [3.63, 3.8) is 0 Å². The van der Waals surface area contributed by atoms with Crippen molar-refractivity contribution < 1.29 is 9.90 Å². The molecule has 4 nitrogen and oxygen atoms in total. The highest BCUT2D eigenvalue weighted by Gasteiger charge is 2.25. The predicted molar refractivity (Wildman–Crippen MR) is 84.0 cm³/mol. The van der Waals surface area contributed by atoms with Gasteiger partial charge in [-0.05, 0) is 30.5 Å². The lowest BCUT2D eigenvalue weighted by atomic mass is 9.97. The maximum absolute atomic E-state index is 12.0. The summed E-state index contributed by atoms with van der Waals surface area (Å²) >= 11 is 9.39. The summed E-state index contributed by atoms with van der Waals surface area (Å²) in [7, 11) is 0. The summed E-state index contributed by atoms with van der Waals surface area (Å²) in [6, 6.07) is 5.35. The minimum absolute atomic E-state index is 0.0854. The van der Waals surface area contributed by atoms with Crippen LogP contribution in [0, 0.1) is 5.92 Å². The fraction of sp³-hybridized carbons (Fsp3) is 0.500. The minimum Gasteiger partial charge on any atom is -0.393 e. The fourth-order valence-corrected chi connectivity index (χ4v) is 3.07. The molecule has 20 heavy (non-hydrogen) atoms. The number of aliphatic hydroxyl groups is 1. The maximum Gasteiger partial charge on any atom is 0.238 e. The summed E-state index contributed by atoms with van der Waals surface area (Å²) in [4.78, 5) is 14.1. The first-order chi connectivity index (χ1) is 9.45. The number of benzene rings is 1. The molecule has 0 spiro atoms. The van der Waals surface area contributed by atoms with Crippen LogP contribution in [0.5, 0.6) is 0 Å². The molecule has 1 aliphatic heterocycles. The van der Waals surface area contributed by atoms with Gasteiger partial charge in [-0.3, -0.25) is 9.69 Å². The Morgan fingerprint density at radius 1 is 1.60 bits per heavy atom. The van der Waals surface area contributed by atoms with Crippen LogP contribution in [0.1, 0.15) is 13.3 Å². The lowest BCUT2D eigenvalue weighted by Gasteiger charge is -2.33. The summed E-state index contributed by atoms with van der Waals surface area (Å²) < 4.78 is 0.874. The summed E-state index contributed by atoms with van der Waals surface area (Å²) in [5, 5.41) is 13.0. The van der Waals surface area contributed by atoms with E-state index in [0.717, 1.165) is 17.6 Å². The molecule has 1 heterocycles. The number of anilines is 1. The Morgan fingerprint density at radius 3 is 3.00 bits per heavy atom. The molecular formula is C14H18BrClN2O2. The number of halogens is 2. The molecule has 1 saturated heterocycles. The molecule has 2 N–H and O–H groups in total. The van der Waals surface area contributed by atoms with Gasteiger partial charge in [0.1, 0.15) is 0 Å². The van der Waals surface area contributed by atoms with E-state index in [1.807, 2.05) is 13.0 Å². The SMILES string of the molecule is CC1CN(CC(=O)Nc2ccc(Br)cc2Cl)CCC1O. The number of nitrogens with one attached hydrogen (secondary N) is 1. The van der Waals surface area contributed by atoms with Gasteiger partial charge in [-0.15, -0.1) is 0 Å². The van der Waals surface area contributed by atoms with E-state index >= 15 is 0 Å². The Kier molecular flexibility index (Phi) is 5.43. The van der Waals surface area contributed by atoms with E-state index < -0.39 is 0 Å². The van der Waals surface area contributed by atoms with Crippen LogP contribution in [0.3, 0.4) is 0 Å². The number of likely N-dealkylation sites (tertiary alicyclic amines) is 1. The van der Waals surface area contributed by atoms with Crippen LogP contribution in [0.4, 0.5) is 5.69 Å². The summed E-state index contributed by atoms with van der Waals surface area (Å²) in [6.07, 6.45) is 0.461. The van der Waals surface area contributed by atoms with Crippen molar-refractivity contribution in [1.82, 2.24) is 4.90 Å². The number of carbonyl (C=O) groups is 1. The van der Waals surface area contributed by atoms with Crippen LogP contribution < -0.4 is 5.32 Å². The molecule has 110 valence electrons. The molecule has 6 heteroatoms. The van der Waals surface area contributed by atoms with Crippen molar-refractivity contribution in [2.45, 2.75) is 19.4 Å². The van der Waals surface area contributed by atoms with Crippen LogP contribution in [0.2, 0.25) is 5.02 Å². The van der Waals surface area contributed by atoms with Crippen molar-refractivity contribution in [3.05, 3.63) is 27.7 Å². The average molecular weight is 362 g/mol. The quantitative estimate of drug-likeness (QED) is 0.870. The van der Waals surface area contributed by atoms with Crippen molar-refractivity contribution in [2.75, 3.05) is 25.0 Å². The number of hydrogen-bond acceptors (Lipinski definition) is 3. The minimum atomic E-state index is -0.254. The monoisotopic (exact) mass is 360 g/mol. The second-order valence-corrected chi connectivity index (χ2v) is 6.56. The van der Waals surface area contributed by atoms with E-state index in [-0.39, 0.29) is 17.9 Å². The topological polar surface area (TPSA) is 52.6 Å². The van der Waals surface area contributed by atoms with Crippen LogP contribution in [0.25, 0.3) is 0 Å². The van der Waals surface area contributed by atoms with Gasteiger partial charge < -0.3 is 10.4 Å². The molecular weight excluding hydrogens is 344 g/mol. The predicted octanol–water partition coefficient (Wildman–Crippen LogP) is 2.74. The molecule has 2 unspecified atom stereocenters. The fourth-order valence-electron chi connectivity index (χ4n) is 2.35. The van der Waals surface area contributed by atoms with Gasteiger partial charge in [0, 0.05) is 17.6 Å². The molecule has 2 rings (SSSR count). The van der Waals surface area contributed by atoms with Crippen LogP contribution in [-0.4, -0.2) is 41.7 Å². The van der Waals surface area contributed by atoms with Crippen molar-refractivity contribution in [3.8, 4) is 0 Å². The third-order valence-electron chi connectivity index (χ3n) is 3.52. The number of carbonyl (C=O) groups excluding carboxylic acids is 1. The first-order valence-corrected chi connectivity index (χ1v) is 7.78. The number of nitrogens with zero attached hydrogens (tertiary/aromatic N) is 1. The maximum atomic E-state index is 12.0. The molecule has 1 aromatic rings. The van der Waals surface area contributed by atoms with E-state index in [2.05, 4.69) is 26.1 Å². The molecule has 0 radical (unpaired) electrons. The lowest BCUT2D eigenvalue weighted by Crippen LogP contribution is -2.45. The number of aliphatic hydroxyl groups excluding tert-OH is 1. The Balaban J connectivity index is 1.89. The standard InChI is InChI=1S/C14H18BrClN2O2/c1-9-7-18(5-4-13(9)19)8-14(20)17-12-3-2-10(15)6-11(12)16/h2-3,6,9,13,19H,4-5,7-8H2,1H3,(H,17,20). The van der Waals surface area contributed by atoms with Crippen LogP contribution in [-0.2, 0) is 4.79 Å². The van der Waals surface area contributed by atoms with Gasteiger partial charge >= 0.3 is 0 Å². The van der Waals surface area contributed by atoms with E-state index in [1.54, 1.807) is 12.1 Å². The Bertz CT molecular complexity index is 498. The zero-order chi connectivity index (χ0) is 14.7. The molecule has 1 amide bonds. The van der Waals surface area contributed by atoms with E-state index in [0.29, 0.717) is 23.7 Å². The molecule has 0 saturated carbocycles. The smallest absolute Gasteiger partial charge is 0.238 e. The normalized spacial score (nSPS) is 23.6. The summed E-state index contributed by atoms with van der Waals surface area (Å²) in [5.74, 6) is 0.116. The summed E-state index contributed by atoms with van der Waals surface area (Å²) in [5.41, 5.74) is 0.616. The van der Waals surface area contributed by atoms with Gasteiger partial charge in [0.25, 0.3) is 0 Å². The number of rotatable bonds is 3. The molecule has 2 atom stereocenters. The average Bonchev–Trinajstić information content (AvgIpc) is 2.37. The number of hydrogen-bond donors (Lipinski definition) is 2. The third-order valence-corrected chi connectivity index (χ3v) is 4.32. The van der Waals surface area contributed by atoms with Gasteiger partial charge in [-0.1, -0.05) is 34.5 Å². The van der Waals surface area contributed by atoms with Gasteiger partial charge in [-0.2, -0.15) is 0 Å². The second-order valence-electron chi connectivity index (χ2n) is 5.24. The molecule has 1 aromatic carbocycles. The van der Waals surface area contributed by atoms with Gasteiger partial charge in [-0.25, -0.2) is 0 Å². The van der Waals surface area contributed by atoms with Gasteiger partial charge in [0.2, 0.25) is 5.91 Å². The Labute approximate surface area is 132 Å². The highest BCUT2D eigenvalue weighted by atomic mass is 79.9. The second kappa shape index (κ2) is 6.89. The number of piperidine rings is 1. The van der Waals surface area contributed by atoms with Crippen molar-refractivity contribution in [2.24, 2.45) is 5.92 Å². The Morgan fingerprint density at radius 2 is 2.35 bits per heavy atom. The molecule has 0 aromatic heterocycles.